The highest BCUT2D eigenvalue weighted by molar-refractivity contribution is 5.94. The first-order valence-corrected chi connectivity index (χ1v) is 8.67. The first kappa shape index (κ1) is 15.6. The minimum atomic E-state index is 0.403. The molecule has 126 valence electrons. The maximum absolute atomic E-state index is 9.59. The maximum atomic E-state index is 9.59. The summed E-state index contributed by atoms with van der Waals surface area (Å²) in [6, 6.07) is 10.3. The zero-order chi connectivity index (χ0) is 17.6. The molecule has 0 aliphatic carbocycles. The van der Waals surface area contributed by atoms with E-state index in [2.05, 4.69) is 41.4 Å². The van der Waals surface area contributed by atoms with Crippen LogP contribution in [0.5, 0.6) is 0 Å². The van der Waals surface area contributed by atoms with E-state index in [0.717, 1.165) is 47.6 Å². The third-order valence-electron chi connectivity index (χ3n) is 4.99. The quantitative estimate of drug-likeness (QED) is 0.721. The second-order valence-electron chi connectivity index (χ2n) is 6.90. The zero-order valence-electron chi connectivity index (χ0n) is 14.8. The fourth-order valence-corrected chi connectivity index (χ4v) is 3.81. The van der Waals surface area contributed by atoms with Gasteiger partial charge in [-0.1, -0.05) is 32.0 Å². The van der Waals surface area contributed by atoms with Crippen molar-refractivity contribution < 1.29 is 0 Å². The number of fused-ring (bicyclic) bond motifs is 2. The second-order valence-corrected chi connectivity index (χ2v) is 6.90. The molecule has 0 radical (unpaired) electrons. The van der Waals surface area contributed by atoms with Gasteiger partial charge in [0.2, 0.25) is 0 Å². The fourth-order valence-electron chi connectivity index (χ4n) is 3.81. The molecule has 1 aliphatic rings. The average Bonchev–Trinajstić information content (AvgIpc) is 2.97. The smallest absolute Gasteiger partial charge is 0.111 e. The molecule has 0 bridgehead atoms. The van der Waals surface area contributed by atoms with Gasteiger partial charge in [-0.3, -0.25) is 4.98 Å². The number of hydrogen-bond donors (Lipinski definition) is 0. The number of para-hydroxylation sites is 1. The minimum absolute atomic E-state index is 0.403. The predicted octanol–water partition coefficient (Wildman–Crippen LogP) is 3.53. The van der Waals surface area contributed by atoms with Crippen molar-refractivity contribution in [1.82, 2.24) is 14.5 Å². The summed E-state index contributed by atoms with van der Waals surface area (Å²) in [4.78, 5) is 11.6. The minimum Gasteiger partial charge on any atom is -0.364 e. The summed E-state index contributed by atoms with van der Waals surface area (Å²) in [5.41, 5.74) is 4.97. The van der Waals surface area contributed by atoms with Crippen LogP contribution in [0, 0.1) is 11.3 Å². The second kappa shape index (κ2) is 5.89. The molecule has 0 N–H and O–H groups in total. The molecule has 5 nitrogen and oxygen atoms in total. The topological polar surface area (TPSA) is 57.7 Å². The number of hydrogen-bond acceptors (Lipinski definition) is 4. The van der Waals surface area contributed by atoms with E-state index in [4.69, 9.17) is 4.98 Å². The van der Waals surface area contributed by atoms with Crippen molar-refractivity contribution in [2.45, 2.75) is 32.7 Å². The fraction of sp³-hybridized carbons (Fsp3) is 0.350. The zero-order valence-corrected chi connectivity index (χ0v) is 14.8. The molecule has 4 rings (SSSR count). The monoisotopic (exact) mass is 331 g/mol. The molecule has 0 saturated carbocycles. The molecular weight excluding hydrogens is 310 g/mol. The van der Waals surface area contributed by atoms with E-state index in [1.54, 1.807) is 6.20 Å². The van der Waals surface area contributed by atoms with Crippen LogP contribution < -0.4 is 4.90 Å². The Labute approximate surface area is 147 Å². The molecule has 1 aliphatic heterocycles. The third-order valence-corrected chi connectivity index (χ3v) is 4.99. The molecule has 5 heteroatoms. The van der Waals surface area contributed by atoms with Gasteiger partial charge in [0.05, 0.1) is 29.0 Å². The molecular formula is C20H21N5. The lowest BCUT2D eigenvalue weighted by atomic mass is 10.1. The number of pyridine rings is 1. The molecule has 0 fully saturated rings. The van der Waals surface area contributed by atoms with E-state index in [0.29, 0.717) is 11.5 Å². The highest BCUT2D eigenvalue weighted by Crippen LogP contribution is 2.33. The van der Waals surface area contributed by atoms with E-state index >= 15 is 0 Å². The number of nitriles is 1. The average molecular weight is 331 g/mol. The number of aromatic nitrogens is 3. The molecule has 0 spiro atoms. The highest BCUT2D eigenvalue weighted by Gasteiger charge is 2.26. The Morgan fingerprint density at radius 2 is 2.04 bits per heavy atom. The lowest BCUT2D eigenvalue weighted by Gasteiger charge is -2.30. The standard InChI is InChI=1S/C20H21N5/c1-13(2)20-23-17-12-25(9-8-18(17)24(20)3)19-14(10-21)11-22-16-7-5-4-6-15(16)19/h4-7,11,13H,8-9,12H2,1-3H3. The van der Waals surface area contributed by atoms with E-state index in [1.165, 1.54) is 5.69 Å². The predicted molar refractivity (Wildman–Crippen MR) is 98.5 cm³/mol. The van der Waals surface area contributed by atoms with Crippen LogP contribution in [0.3, 0.4) is 0 Å². The third kappa shape index (κ3) is 2.45. The van der Waals surface area contributed by atoms with Crippen molar-refractivity contribution in [3.8, 4) is 6.07 Å². The van der Waals surface area contributed by atoms with Gasteiger partial charge in [0.1, 0.15) is 11.9 Å². The van der Waals surface area contributed by atoms with Crippen LogP contribution in [-0.4, -0.2) is 21.1 Å². The Morgan fingerprint density at radius 1 is 1.24 bits per heavy atom. The molecule has 3 aromatic rings. The molecule has 1 aromatic carbocycles. The summed E-state index contributed by atoms with van der Waals surface area (Å²) in [6.45, 7) is 5.97. The van der Waals surface area contributed by atoms with E-state index < -0.39 is 0 Å². The van der Waals surface area contributed by atoms with Gasteiger partial charge in [0.15, 0.2) is 0 Å². The van der Waals surface area contributed by atoms with Gasteiger partial charge < -0.3 is 9.47 Å². The molecule has 0 atom stereocenters. The molecule has 3 heterocycles. The van der Waals surface area contributed by atoms with Gasteiger partial charge in [0.25, 0.3) is 0 Å². The normalized spacial score (nSPS) is 14.0. The van der Waals surface area contributed by atoms with Gasteiger partial charge in [-0.25, -0.2) is 4.98 Å². The summed E-state index contributed by atoms with van der Waals surface area (Å²) in [5.74, 6) is 1.53. The van der Waals surface area contributed by atoms with Gasteiger partial charge in [-0.2, -0.15) is 5.26 Å². The molecule has 0 amide bonds. The van der Waals surface area contributed by atoms with Crippen molar-refractivity contribution in [2.75, 3.05) is 11.4 Å². The van der Waals surface area contributed by atoms with Crippen molar-refractivity contribution in [3.05, 3.63) is 53.2 Å². The van der Waals surface area contributed by atoms with Crippen LogP contribution in [0.25, 0.3) is 10.9 Å². The van der Waals surface area contributed by atoms with Crippen molar-refractivity contribution in [2.24, 2.45) is 7.05 Å². The van der Waals surface area contributed by atoms with Crippen LogP contribution >= 0.6 is 0 Å². The lowest BCUT2D eigenvalue weighted by Crippen LogP contribution is -2.32. The van der Waals surface area contributed by atoms with E-state index in [1.807, 2.05) is 24.3 Å². The number of rotatable bonds is 2. The van der Waals surface area contributed by atoms with Crippen LogP contribution in [0.2, 0.25) is 0 Å². The van der Waals surface area contributed by atoms with Crippen LogP contribution in [-0.2, 0) is 20.0 Å². The summed E-state index contributed by atoms with van der Waals surface area (Å²) < 4.78 is 2.24. The Bertz CT molecular complexity index is 993. The SMILES string of the molecule is CC(C)c1nc2c(n1C)CCN(c1c(C#N)cnc3ccccc13)C2. The first-order chi connectivity index (χ1) is 12.1. The molecule has 0 saturated heterocycles. The lowest BCUT2D eigenvalue weighted by molar-refractivity contribution is 0.663. The number of imidazole rings is 1. The van der Waals surface area contributed by atoms with E-state index in [9.17, 15) is 5.26 Å². The first-order valence-electron chi connectivity index (χ1n) is 8.67. The van der Waals surface area contributed by atoms with Gasteiger partial charge in [-0.05, 0) is 6.07 Å². The van der Waals surface area contributed by atoms with Crippen LogP contribution in [0.1, 0.15) is 42.5 Å². The van der Waals surface area contributed by atoms with Crippen molar-refractivity contribution >= 4 is 16.6 Å². The summed E-state index contributed by atoms with van der Waals surface area (Å²) in [6.07, 6.45) is 2.62. The summed E-state index contributed by atoms with van der Waals surface area (Å²) >= 11 is 0. The number of anilines is 1. The largest absolute Gasteiger partial charge is 0.364 e. The Morgan fingerprint density at radius 3 is 2.80 bits per heavy atom. The van der Waals surface area contributed by atoms with Gasteiger partial charge in [0, 0.05) is 43.2 Å². The molecule has 0 unspecified atom stereocenters. The molecule has 2 aromatic heterocycles. The number of nitrogens with zero attached hydrogens (tertiary/aromatic N) is 5. The summed E-state index contributed by atoms with van der Waals surface area (Å²) in [7, 11) is 2.11. The van der Waals surface area contributed by atoms with E-state index in [-0.39, 0.29) is 0 Å². The Hall–Kier alpha value is -2.87. The Kier molecular flexibility index (Phi) is 3.69. The van der Waals surface area contributed by atoms with Crippen molar-refractivity contribution in [3.63, 3.8) is 0 Å². The van der Waals surface area contributed by atoms with Gasteiger partial charge >= 0.3 is 0 Å². The van der Waals surface area contributed by atoms with Crippen molar-refractivity contribution in [1.29, 1.82) is 5.26 Å². The Balaban J connectivity index is 1.81. The number of benzene rings is 1. The maximum Gasteiger partial charge on any atom is 0.111 e. The van der Waals surface area contributed by atoms with Crippen LogP contribution in [0.4, 0.5) is 5.69 Å². The summed E-state index contributed by atoms with van der Waals surface area (Å²) in [5, 5.41) is 10.6. The van der Waals surface area contributed by atoms with Gasteiger partial charge in [-0.15, -0.1) is 0 Å². The highest BCUT2D eigenvalue weighted by atomic mass is 15.2. The van der Waals surface area contributed by atoms with Crippen LogP contribution in [0.15, 0.2) is 30.5 Å². The molecule has 25 heavy (non-hydrogen) atoms.